The van der Waals surface area contributed by atoms with Crippen molar-refractivity contribution in [1.82, 2.24) is 9.99 Å². The Kier molecular flexibility index (Phi) is 6.94. The molecule has 0 saturated carbocycles. The number of aryl methyl sites for hydroxylation is 2. The number of rotatable bonds is 7. The van der Waals surface area contributed by atoms with Crippen LogP contribution < -0.4 is 5.43 Å². The Balaban J connectivity index is 1.60. The molecule has 150 valence electrons. The van der Waals surface area contributed by atoms with Gasteiger partial charge in [0.05, 0.1) is 11.5 Å². The maximum atomic E-state index is 12.3. The molecule has 1 unspecified atom stereocenters. The number of hydrogen-bond acceptors (Lipinski definition) is 3. The van der Waals surface area contributed by atoms with Crippen molar-refractivity contribution in [3.63, 3.8) is 0 Å². The molecule has 29 heavy (non-hydrogen) atoms. The molecule has 0 aliphatic heterocycles. The Morgan fingerprint density at radius 2 is 1.79 bits per heavy atom. The van der Waals surface area contributed by atoms with E-state index < -0.39 is 0 Å². The number of aromatic nitrogens is 1. The van der Waals surface area contributed by atoms with E-state index in [0.717, 1.165) is 28.4 Å². The number of benzene rings is 2. The van der Waals surface area contributed by atoms with Gasteiger partial charge in [-0.25, -0.2) is 5.43 Å². The van der Waals surface area contributed by atoms with Gasteiger partial charge in [-0.15, -0.1) is 11.8 Å². The minimum absolute atomic E-state index is 0.0884. The van der Waals surface area contributed by atoms with E-state index in [0.29, 0.717) is 0 Å². The molecule has 1 heterocycles. The van der Waals surface area contributed by atoms with Crippen LogP contribution in [0.15, 0.2) is 65.8 Å². The molecule has 0 aliphatic rings. The highest BCUT2D eigenvalue weighted by atomic mass is 32.2. The number of nitrogens with zero attached hydrogens (tertiary/aromatic N) is 2. The number of amides is 1. The van der Waals surface area contributed by atoms with E-state index in [9.17, 15) is 4.79 Å². The maximum absolute atomic E-state index is 12.3. The zero-order valence-corrected chi connectivity index (χ0v) is 18.2. The quantitative estimate of drug-likeness (QED) is 0.435. The first-order valence-corrected chi connectivity index (χ1v) is 10.7. The molecule has 3 aromatic rings. The fourth-order valence-corrected chi connectivity index (χ4v) is 3.98. The van der Waals surface area contributed by atoms with Gasteiger partial charge in [0.1, 0.15) is 0 Å². The highest BCUT2D eigenvalue weighted by molar-refractivity contribution is 7.99. The molecule has 0 spiro atoms. The molecule has 0 fully saturated rings. The number of hydrazone groups is 1. The standard InChI is InChI=1S/C24H27N3OS/c1-17-10-12-23(13-11-17)27-18(2)14-22(19(27)3)15-25-26-24(28)20(4)29-16-21-8-6-5-7-9-21/h5-15,20H,16H2,1-4H3,(H,26,28)/b25-15+. The second-order valence-corrected chi connectivity index (χ2v) is 8.50. The van der Waals surface area contributed by atoms with Crippen LogP contribution in [0.3, 0.4) is 0 Å². The smallest absolute Gasteiger partial charge is 0.252 e. The van der Waals surface area contributed by atoms with Gasteiger partial charge in [0.25, 0.3) is 5.91 Å². The van der Waals surface area contributed by atoms with Crippen LogP contribution in [0.1, 0.15) is 35.0 Å². The zero-order valence-electron chi connectivity index (χ0n) is 17.3. The van der Waals surface area contributed by atoms with E-state index in [1.54, 1.807) is 18.0 Å². The number of thioether (sulfide) groups is 1. The largest absolute Gasteiger partial charge is 0.318 e. The highest BCUT2D eigenvalue weighted by Crippen LogP contribution is 2.20. The molecule has 1 amide bonds. The van der Waals surface area contributed by atoms with Crippen LogP contribution >= 0.6 is 11.8 Å². The average Bonchev–Trinajstić information content (AvgIpc) is 3.01. The summed E-state index contributed by atoms with van der Waals surface area (Å²) in [6, 6.07) is 20.7. The van der Waals surface area contributed by atoms with Crippen molar-refractivity contribution in [3.8, 4) is 5.69 Å². The Labute approximate surface area is 177 Å². The van der Waals surface area contributed by atoms with Gasteiger partial charge in [-0.1, -0.05) is 48.0 Å². The molecule has 4 nitrogen and oxygen atoms in total. The van der Waals surface area contributed by atoms with E-state index in [-0.39, 0.29) is 11.2 Å². The van der Waals surface area contributed by atoms with Crippen molar-refractivity contribution in [2.24, 2.45) is 5.10 Å². The number of hydrogen-bond donors (Lipinski definition) is 1. The van der Waals surface area contributed by atoms with Crippen molar-refractivity contribution in [3.05, 3.63) is 88.7 Å². The van der Waals surface area contributed by atoms with Crippen LogP contribution in [-0.2, 0) is 10.5 Å². The second-order valence-electron chi connectivity index (χ2n) is 7.17. The maximum Gasteiger partial charge on any atom is 0.252 e. The predicted molar refractivity (Wildman–Crippen MR) is 123 cm³/mol. The van der Waals surface area contributed by atoms with Crippen LogP contribution in [0.5, 0.6) is 0 Å². The summed E-state index contributed by atoms with van der Waals surface area (Å²) in [6.07, 6.45) is 1.72. The number of carbonyl (C=O) groups excluding carboxylic acids is 1. The van der Waals surface area contributed by atoms with Gasteiger partial charge in [-0.3, -0.25) is 4.79 Å². The first kappa shape index (κ1) is 20.9. The third-order valence-corrected chi connectivity index (χ3v) is 6.07. The van der Waals surface area contributed by atoms with Gasteiger partial charge in [0.2, 0.25) is 0 Å². The van der Waals surface area contributed by atoms with Crippen LogP contribution in [0.4, 0.5) is 0 Å². The number of nitrogens with one attached hydrogen (secondary N) is 1. The second kappa shape index (κ2) is 9.61. The first-order chi connectivity index (χ1) is 14.0. The normalized spacial score (nSPS) is 12.3. The van der Waals surface area contributed by atoms with Crippen molar-refractivity contribution in [2.45, 2.75) is 38.7 Å². The fraction of sp³-hybridized carbons (Fsp3) is 0.250. The van der Waals surface area contributed by atoms with E-state index in [4.69, 9.17) is 0 Å². The average molecular weight is 406 g/mol. The van der Waals surface area contributed by atoms with Crippen LogP contribution in [0.2, 0.25) is 0 Å². The summed E-state index contributed by atoms with van der Waals surface area (Å²) in [5, 5.41) is 4.02. The van der Waals surface area contributed by atoms with E-state index >= 15 is 0 Å². The van der Waals surface area contributed by atoms with Gasteiger partial charge >= 0.3 is 0 Å². The summed E-state index contributed by atoms with van der Waals surface area (Å²) in [5.41, 5.74) is 9.46. The molecule has 0 radical (unpaired) electrons. The van der Waals surface area contributed by atoms with Crippen molar-refractivity contribution in [2.75, 3.05) is 0 Å². The van der Waals surface area contributed by atoms with Crippen molar-refractivity contribution < 1.29 is 4.79 Å². The summed E-state index contributed by atoms with van der Waals surface area (Å²) in [4.78, 5) is 12.3. The summed E-state index contributed by atoms with van der Waals surface area (Å²) < 4.78 is 2.20. The van der Waals surface area contributed by atoms with Gasteiger partial charge in [0, 0.05) is 28.4 Å². The first-order valence-electron chi connectivity index (χ1n) is 9.70. The summed E-state index contributed by atoms with van der Waals surface area (Å²) >= 11 is 1.60. The highest BCUT2D eigenvalue weighted by Gasteiger charge is 2.13. The Morgan fingerprint density at radius 1 is 1.10 bits per heavy atom. The summed E-state index contributed by atoms with van der Waals surface area (Å²) in [7, 11) is 0. The lowest BCUT2D eigenvalue weighted by molar-refractivity contribution is -0.120. The minimum atomic E-state index is -0.174. The van der Waals surface area contributed by atoms with Gasteiger partial charge in [0.15, 0.2) is 0 Å². The van der Waals surface area contributed by atoms with Crippen molar-refractivity contribution >= 4 is 23.9 Å². The lowest BCUT2D eigenvalue weighted by atomic mass is 10.2. The third kappa shape index (κ3) is 5.39. The fourth-order valence-electron chi connectivity index (χ4n) is 3.14. The van der Waals surface area contributed by atoms with E-state index in [1.807, 2.05) is 25.1 Å². The molecule has 3 rings (SSSR count). The molecular weight excluding hydrogens is 378 g/mol. The van der Waals surface area contributed by atoms with Gasteiger partial charge in [-0.05, 0) is 51.5 Å². The summed E-state index contributed by atoms with van der Waals surface area (Å²) in [6.45, 7) is 8.13. The Hall–Kier alpha value is -2.79. The van der Waals surface area contributed by atoms with Crippen molar-refractivity contribution in [1.29, 1.82) is 0 Å². The molecule has 0 saturated heterocycles. The molecule has 0 aliphatic carbocycles. The predicted octanol–water partition coefficient (Wildman–Crippen LogP) is 5.17. The Morgan fingerprint density at radius 3 is 2.48 bits per heavy atom. The van der Waals surface area contributed by atoms with Gasteiger partial charge in [-0.2, -0.15) is 5.10 Å². The lowest BCUT2D eigenvalue weighted by Crippen LogP contribution is -2.27. The molecule has 1 aromatic heterocycles. The van der Waals surface area contributed by atoms with E-state index in [2.05, 4.69) is 78.3 Å². The van der Waals surface area contributed by atoms with Crippen LogP contribution in [0.25, 0.3) is 5.69 Å². The lowest BCUT2D eigenvalue weighted by Gasteiger charge is -2.10. The Bertz CT molecular complexity index is 991. The molecule has 5 heteroatoms. The summed E-state index contributed by atoms with van der Waals surface area (Å²) in [5.74, 6) is 0.714. The monoisotopic (exact) mass is 405 g/mol. The SMILES string of the molecule is Cc1ccc(-n2c(C)cc(/C=N/NC(=O)C(C)SCc3ccccc3)c2C)cc1. The molecule has 1 atom stereocenters. The van der Waals surface area contributed by atoms with Crippen LogP contribution in [0, 0.1) is 20.8 Å². The van der Waals surface area contributed by atoms with Crippen LogP contribution in [-0.4, -0.2) is 21.9 Å². The molecular formula is C24H27N3OS. The van der Waals surface area contributed by atoms with Gasteiger partial charge < -0.3 is 4.57 Å². The number of carbonyl (C=O) groups is 1. The third-order valence-electron chi connectivity index (χ3n) is 4.85. The molecule has 2 aromatic carbocycles. The minimum Gasteiger partial charge on any atom is -0.318 e. The molecule has 1 N–H and O–H groups in total. The van der Waals surface area contributed by atoms with E-state index in [1.165, 1.54) is 11.1 Å². The molecule has 0 bridgehead atoms. The zero-order chi connectivity index (χ0) is 20.8. The topological polar surface area (TPSA) is 46.4 Å².